The Bertz CT molecular complexity index is 145. The second-order valence-electron chi connectivity index (χ2n) is 4.15. The normalized spacial score (nSPS) is 13.4. The lowest BCUT2D eigenvalue weighted by molar-refractivity contribution is 0.207. The molecule has 0 aromatic carbocycles. The van der Waals surface area contributed by atoms with Crippen molar-refractivity contribution in [3.8, 4) is 0 Å². The smallest absolute Gasteiger partial charge is 0.448 e. The van der Waals surface area contributed by atoms with Crippen molar-refractivity contribution in [1.29, 1.82) is 0 Å². The molecule has 0 saturated carbocycles. The number of nitrogens with zero attached hydrogens (tertiary/aromatic N) is 1. The molecule has 0 aliphatic rings. The van der Waals surface area contributed by atoms with Gasteiger partial charge in [-0.25, -0.2) is 0 Å². The molecule has 13 heavy (non-hydrogen) atoms. The van der Waals surface area contributed by atoms with Crippen molar-refractivity contribution in [3.63, 3.8) is 0 Å². The second-order valence-corrected chi connectivity index (χ2v) is 4.15. The van der Waals surface area contributed by atoms with E-state index in [2.05, 4.69) is 0 Å². The molecule has 0 amide bonds. The summed E-state index contributed by atoms with van der Waals surface area (Å²) in [6.07, 6.45) is -0.740. The average Bonchev–Trinajstić information content (AvgIpc) is 1.81. The molecule has 0 bridgehead atoms. The fourth-order valence-corrected chi connectivity index (χ4v) is 1.23. The molecule has 0 N–H and O–H groups in total. The predicted octanol–water partition coefficient (Wildman–Crippen LogP) is 2.74. The summed E-state index contributed by atoms with van der Waals surface area (Å²) in [5, 5.41) is 0. The molecule has 0 aliphatic carbocycles. The molecule has 0 radical (unpaired) electrons. The molecule has 0 aromatic heterocycles. The van der Waals surface area contributed by atoms with Crippen molar-refractivity contribution >= 4 is 6.98 Å². The van der Waals surface area contributed by atoms with E-state index in [0.29, 0.717) is 6.54 Å². The maximum atomic E-state index is 12.1. The SMILES string of the molecule is CC(C)CN(C[B-](F)(F)F)C(C)C. The van der Waals surface area contributed by atoms with E-state index in [0.717, 1.165) is 0 Å². The molecular formula is C8H18BF3N-. The summed E-state index contributed by atoms with van der Waals surface area (Å²) in [5.41, 5.74) is 0. The van der Waals surface area contributed by atoms with Crippen LogP contribution in [0.25, 0.3) is 0 Å². The van der Waals surface area contributed by atoms with Crippen molar-refractivity contribution in [2.75, 3.05) is 13.0 Å². The van der Waals surface area contributed by atoms with Crippen molar-refractivity contribution in [3.05, 3.63) is 0 Å². The van der Waals surface area contributed by atoms with Gasteiger partial charge >= 0.3 is 6.98 Å². The van der Waals surface area contributed by atoms with Gasteiger partial charge in [0.15, 0.2) is 0 Å². The maximum absolute atomic E-state index is 12.1. The highest BCUT2D eigenvalue weighted by Gasteiger charge is 2.27. The number of rotatable bonds is 5. The summed E-state index contributed by atoms with van der Waals surface area (Å²) >= 11 is 0. The van der Waals surface area contributed by atoms with Crippen LogP contribution in [0.5, 0.6) is 0 Å². The van der Waals surface area contributed by atoms with Gasteiger partial charge in [-0.15, -0.1) is 0 Å². The first-order valence-corrected chi connectivity index (χ1v) is 4.67. The minimum Gasteiger partial charge on any atom is -0.448 e. The predicted molar refractivity (Wildman–Crippen MR) is 50.6 cm³/mol. The fourth-order valence-electron chi connectivity index (χ4n) is 1.23. The van der Waals surface area contributed by atoms with E-state index >= 15 is 0 Å². The average molecular weight is 196 g/mol. The van der Waals surface area contributed by atoms with Gasteiger partial charge < -0.3 is 17.8 Å². The third-order valence-electron chi connectivity index (χ3n) is 1.77. The minimum absolute atomic E-state index is 0.0362. The highest BCUT2D eigenvalue weighted by molar-refractivity contribution is 6.58. The highest BCUT2D eigenvalue weighted by atomic mass is 19.4. The van der Waals surface area contributed by atoms with Crippen molar-refractivity contribution in [1.82, 2.24) is 4.90 Å². The van der Waals surface area contributed by atoms with Gasteiger partial charge in [-0.05, 0) is 32.8 Å². The minimum atomic E-state index is -4.69. The molecule has 0 aliphatic heterocycles. The Labute approximate surface area is 78.4 Å². The van der Waals surface area contributed by atoms with E-state index in [1.807, 2.05) is 13.8 Å². The van der Waals surface area contributed by atoms with Crippen LogP contribution in [0, 0.1) is 5.92 Å². The molecule has 0 heterocycles. The Morgan fingerprint density at radius 1 is 1.08 bits per heavy atom. The van der Waals surface area contributed by atoms with Gasteiger partial charge in [-0.3, -0.25) is 0 Å². The third-order valence-corrected chi connectivity index (χ3v) is 1.77. The summed E-state index contributed by atoms with van der Waals surface area (Å²) in [4.78, 5) is 1.48. The summed E-state index contributed by atoms with van der Waals surface area (Å²) in [6.45, 7) is 3.28. The first kappa shape index (κ1) is 12.8. The van der Waals surface area contributed by atoms with Crippen LogP contribution in [0.4, 0.5) is 12.9 Å². The van der Waals surface area contributed by atoms with Crippen LogP contribution in [0.3, 0.4) is 0 Å². The standard InChI is InChI=1S/C8H18BF3N/c1-7(2)5-13(8(3)4)6-9(10,11)12/h7-8H,5-6H2,1-4H3/q-1. The van der Waals surface area contributed by atoms with Crippen molar-refractivity contribution < 1.29 is 12.9 Å². The Morgan fingerprint density at radius 3 is 1.77 bits per heavy atom. The number of hydrogen-bond donors (Lipinski definition) is 0. The summed E-state index contributed by atoms with van der Waals surface area (Å²) in [5.74, 6) is 0.278. The van der Waals surface area contributed by atoms with Gasteiger partial charge in [-0.2, -0.15) is 0 Å². The molecule has 0 aromatic rings. The van der Waals surface area contributed by atoms with Crippen LogP contribution >= 0.6 is 0 Å². The van der Waals surface area contributed by atoms with E-state index in [1.165, 1.54) is 4.90 Å². The summed E-state index contributed by atoms with van der Waals surface area (Å²) in [7, 11) is 0. The molecule has 0 saturated heterocycles. The van der Waals surface area contributed by atoms with Crippen molar-refractivity contribution in [2.24, 2.45) is 5.92 Å². The van der Waals surface area contributed by atoms with E-state index in [4.69, 9.17) is 0 Å². The maximum Gasteiger partial charge on any atom is 0.492 e. The Hall–Kier alpha value is -0.185. The molecule has 0 rings (SSSR count). The van der Waals surface area contributed by atoms with E-state index < -0.39 is 13.4 Å². The monoisotopic (exact) mass is 196 g/mol. The fraction of sp³-hybridized carbons (Fsp3) is 1.00. The molecule has 0 unspecified atom stereocenters. The van der Waals surface area contributed by atoms with Gasteiger partial charge in [0.25, 0.3) is 0 Å². The van der Waals surface area contributed by atoms with Gasteiger partial charge in [0.2, 0.25) is 0 Å². The van der Waals surface area contributed by atoms with Crippen LogP contribution in [0.15, 0.2) is 0 Å². The topological polar surface area (TPSA) is 3.24 Å². The highest BCUT2D eigenvalue weighted by Crippen LogP contribution is 2.14. The van der Waals surface area contributed by atoms with Gasteiger partial charge in [0, 0.05) is 6.04 Å². The third kappa shape index (κ3) is 6.93. The number of halogens is 3. The van der Waals surface area contributed by atoms with Crippen molar-refractivity contribution in [2.45, 2.75) is 33.7 Å². The lowest BCUT2D eigenvalue weighted by Crippen LogP contribution is -2.43. The van der Waals surface area contributed by atoms with Gasteiger partial charge in [-0.1, -0.05) is 13.8 Å². The van der Waals surface area contributed by atoms with E-state index in [9.17, 15) is 12.9 Å². The zero-order chi connectivity index (χ0) is 10.6. The zero-order valence-corrected chi connectivity index (χ0v) is 8.73. The van der Waals surface area contributed by atoms with Crippen LogP contribution in [-0.4, -0.2) is 30.9 Å². The molecule has 5 heteroatoms. The first-order chi connectivity index (χ1) is 5.72. The van der Waals surface area contributed by atoms with Gasteiger partial charge in [0.1, 0.15) is 0 Å². The Balaban J connectivity index is 4.11. The molecule has 80 valence electrons. The largest absolute Gasteiger partial charge is 0.492 e. The zero-order valence-electron chi connectivity index (χ0n) is 8.73. The van der Waals surface area contributed by atoms with E-state index in [1.54, 1.807) is 13.8 Å². The first-order valence-electron chi connectivity index (χ1n) is 4.67. The molecule has 0 spiro atoms. The Morgan fingerprint density at radius 2 is 1.54 bits per heavy atom. The molecular weight excluding hydrogens is 178 g/mol. The van der Waals surface area contributed by atoms with Crippen LogP contribution < -0.4 is 0 Å². The lowest BCUT2D eigenvalue weighted by Gasteiger charge is -2.32. The molecule has 0 atom stereocenters. The summed E-state index contributed by atoms with van der Waals surface area (Å²) in [6, 6.07) is -0.0362. The van der Waals surface area contributed by atoms with E-state index in [-0.39, 0.29) is 12.0 Å². The van der Waals surface area contributed by atoms with Gasteiger partial charge in [0.05, 0.1) is 0 Å². The van der Waals surface area contributed by atoms with Crippen LogP contribution in [0.2, 0.25) is 0 Å². The molecule has 1 nitrogen and oxygen atoms in total. The number of hydrogen-bond acceptors (Lipinski definition) is 1. The quantitative estimate of drug-likeness (QED) is 0.611. The summed E-state index contributed by atoms with van der Waals surface area (Å²) < 4.78 is 36.4. The molecule has 0 fully saturated rings. The van der Waals surface area contributed by atoms with Crippen LogP contribution in [0.1, 0.15) is 27.7 Å². The second kappa shape index (κ2) is 4.89. The Kier molecular flexibility index (Phi) is 4.82. The van der Waals surface area contributed by atoms with Crippen LogP contribution in [-0.2, 0) is 0 Å². The lowest BCUT2D eigenvalue weighted by atomic mass is 9.90.